The first-order valence-corrected chi connectivity index (χ1v) is 8.82. The van der Waals surface area contributed by atoms with E-state index < -0.39 is 18.7 Å². The van der Waals surface area contributed by atoms with Crippen molar-refractivity contribution in [1.29, 1.82) is 0 Å². The van der Waals surface area contributed by atoms with Gasteiger partial charge in [0.25, 0.3) is 0 Å². The van der Waals surface area contributed by atoms with Crippen molar-refractivity contribution in [3.8, 4) is 17.2 Å². The number of carbonyl (C=O) groups excluding carboxylic acids is 1. The highest BCUT2D eigenvalue weighted by molar-refractivity contribution is 6.02. The predicted octanol–water partition coefficient (Wildman–Crippen LogP) is 5.00. The second-order valence-electron chi connectivity index (χ2n) is 6.07. The number of carbonyl (C=O) groups is 1. The molecule has 1 amide bonds. The molecule has 2 aromatic carbocycles. The minimum atomic E-state index is -4.47. The van der Waals surface area contributed by atoms with E-state index in [1.807, 2.05) is 6.92 Å². The average molecular weight is 409 g/mol. The number of halogens is 3. The number of anilines is 1. The van der Waals surface area contributed by atoms with Crippen LogP contribution < -0.4 is 19.5 Å². The van der Waals surface area contributed by atoms with Gasteiger partial charge in [0.05, 0.1) is 19.4 Å². The molecule has 0 saturated heterocycles. The van der Waals surface area contributed by atoms with Crippen molar-refractivity contribution in [2.24, 2.45) is 0 Å². The number of amides is 1. The Morgan fingerprint density at radius 3 is 2.48 bits per heavy atom. The molecule has 2 aromatic rings. The zero-order valence-corrected chi connectivity index (χ0v) is 16.3. The van der Waals surface area contributed by atoms with Crippen molar-refractivity contribution in [3.63, 3.8) is 0 Å². The van der Waals surface area contributed by atoms with Gasteiger partial charge >= 0.3 is 6.18 Å². The van der Waals surface area contributed by atoms with E-state index >= 15 is 0 Å². The number of benzene rings is 2. The fourth-order valence-electron chi connectivity index (χ4n) is 2.42. The van der Waals surface area contributed by atoms with Crippen molar-refractivity contribution in [2.75, 3.05) is 25.6 Å². The van der Waals surface area contributed by atoms with Gasteiger partial charge in [0.1, 0.15) is 5.75 Å². The molecule has 0 aliphatic heterocycles. The predicted molar refractivity (Wildman–Crippen MR) is 105 cm³/mol. The van der Waals surface area contributed by atoms with Crippen LogP contribution in [0.3, 0.4) is 0 Å². The van der Waals surface area contributed by atoms with Gasteiger partial charge in [-0.1, -0.05) is 12.1 Å². The summed E-state index contributed by atoms with van der Waals surface area (Å²) in [6.45, 7) is 2.57. The first kappa shape index (κ1) is 22.1. The number of aryl methyl sites for hydroxylation is 1. The maximum absolute atomic E-state index is 12.4. The van der Waals surface area contributed by atoms with Crippen LogP contribution in [0.2, 0.25) is 0 Å². The van der Waals surface area contributed by atoms with Gasteiger partial charge in [-0.3, -0.25) is 4.79 Å². The highest BCUT2D eigenvalue weighted by Gasteiger charge is 2.29. The van der Waals surface area contributed by atoms with Crippen LogP contribution in [0.1, 0.15) is 18.1 Å². The van der Waals surface area contributed by atoms with E-state index in [1.165, 1.54) is 25.3 Å². The monoisotopic (exact) mass is 409 g/mol. The lowest BCUT2D eigenvalue weighted by Gasteiger charge is -2.14. The van der Waals surface area contributed by atoms with Gasteiger partial charge in [-0.2, -0.15) is 13.2 Å². The summed E-state index contributed by atoms with van der Waals surface area (Å²) in [6, 6.07) is 9.77. The summed E-state index contributed by atoms with van der Waals surface area (Å²) in [7, 11) is 1.53. The number of hydrogen-bond acceptors (Lipinski definition) is 4. The van der Waals surface area contributed by atoms with Gasteiger partial charge in [-0.25, -0.2) is 0 Å². The summed E-state index contributed by atoms with van der Waals surface area (Å²) in [5.74, 6) is 0.546. The van der Waals surface area contributed by atoms with Crippen LogP contribution in [0.5, 0.6) is 17.2 Å². The van der Waals surface area contributed by atoms with Gasteiger partial charge in [-0.05, 0) is 55.3 Å². The molecule has 0 heterocycles. The number of alkyl halides is 3. The topological polar surface area (TPSA) is 56.8 Å². The smallest absolute Gasteiger partial charge is 0.422 e. The summed E-state index contributed by atoms with van der Waals surface area (Å²) in [6.07, 6.45) is -1.65. The summed E-state index contributed by atoms with van der Waals surface area (Å²) < 4.78 is 52.8. The summed E-state index contributed by atoms with van der Waals surface area (Å²) >= 11 is 0. The molecule has 0 radical (unpaired) electrons. The maximum Gasteiger partial charge on any atom is 0.422 e. The van der Waals surface area contributed by atoms with Gasteiger partial charge in [0, 0.05) is 6.08 Å². The van der Waals surface area contributed by atoms with Crippen molar-refractivity contribution in [3.05, 3.63) is 53.6 Å². The largest absolute Gasteiger partial charge is 0.493 e. The lowest BCUT2D eigenvalue weighted by molar-refractivity contribution is -0.153. The third-order valence-corrected chi connectivity index (χ3v) is 3.70. The summed E-state index contributed by atoms with van der Waals surface area (Å²) in [5.41, 5.74) is 1.55. The Balaban J connectivity index is 2.12. The Morgan fingerprint density at radius 1 is 1.07 bits per heavy atom. The first-order valence-electron chi connectivity index (χ1n) is 8.82. The molecular weight excluding hydrogens is 387 g/mol. The molecule has 2 rings (SSSR count). The summed E-state index contributed by atoms with van der Waals surface area (Å²) in [4.78, 5) is 12.2. The van der Waals surface area contributed by atoms with E-state index in [4.69, 9.17) is 14.2 Å². The zero-order valence-electron chi connectivity index (χ0n) is 16.3. The third kappa shape index (κ3) is 7.06. The minimum Gasteiger partial charge on any atom is -0.493 e. The highest BCUT2D eigenvalue weighted by atomic mass is 19.4. The van der Waals surface area contributed by atoms with E-state index in [2.05, 4.69) is 5.32 Å². The van der Waals surface area contributed by atoms with Crippen molar-refractivity contribution >= 4 is 17.7 Å². The van der Waals surface area contributed by atoms with E-state index in [-0.39, 0.29) is 11.4 Å². The van der Waals surface area contributed by atoms with E-state index in [0.717, 1.165) is 0 Å². The van der Waals surface area contributed by atoms with E-state index in [9.17, 15) is 18.0 Å². The molecule has 29 heavy (non-hydrogen) atoms. The maximum atomic E-state index is 12.4. The molecule has 8 heteroatoms. The zero-order chi connectivity index (χ0) is 21.4. The van der Waals surface area contributed by atoms with Crippen LogP contribution in [0, 0.1) is 6.92 Å². The molecule has 0 unspecified atom stereocenters. The van der Waals surface area contributed by atoms with Crippen LogP contribution in [0.15, 0.2) is 42.5 Å². The number of hydrogen-bond donors (Lipinski definition) is 1. The SMILES string of the molecule is CCOc1cc(/C=C/C(=O)Nc2ccc(C)cc2OCC(F)(F)F)ccc1OC. The van der Waals surface area contributed by atoms with Crippen molar-refractivity contribution in [1.82, 2.24) is 0 Å². The number of nitrogens with one attached hydrogen (secondary N) is 1. The Kier molecular flexibility index (Phi) is 7.52. The highest BCUT2D eigenvalue weighted by Crippen LogP contribution is 2.29. The Bertz CT molecular complexity index is 879. The minimum absolute atomic E-state index is 0.0489. The normalized spacial score (nSPS) is 11.4. The van der Waals surface area contributed by atoms with Gasteiger partial charge < -0.3 is 19.5 Å². The quantitative estimate of drug-likeness (QED) is 0.624. The second-order valence-corrected chi connectivity index (χ2v) is 6.07. The number of methoxy groups -OCH3 is 1. The van der Waals surface area contributed by atoms with Crippen molar-refractivity contribution in [2.45, 2.75) is 20.0 Å². The molecule has 0 fully saturated rings. The molecule has 0 spiro atoms. The molecule has 0 atom stereocenters. The van der Waals surface area contributed by atoms with Crippen LogP contribution >= 0.6 is 0 Å². The van der Waals surface area contributed by atoms with Crippen molar-refractivity contribution < 1.29 is 32.2 Å². The molecule has 0 aromatic heterocycles. The second kappa shape index (κ2) is 9.86. The van der Waals surface area contributed by atoms with Gasteiger partial charge in [0.2, 0.25) is 5.91 Å². The standard InChI is InChI=1S/C21H22F3NO4/c1-4-28-19-12-15(6-9-17(19)27-3)7-10-20(26)25-16-8-5-14(2)11-18(16)29-13-21(22,23)24/h5-12H,4,13H2,1-3H3,(H,25,26)/b10-7+. The lowest BCUT2D eigenvalue weighted by Crippen LogP contribution is -2.20. The summed E-state index contributed by atoms with van der Waals surface area (Å²) in [5, 5.41) is 2.53. The third-order valence-electron chi connectivity index (χ3n) is 3.70. The molecule has 0 bridgehead atoms. The molecule has 0 aliphatic carbocycles. The molecule has 1 N–H and O–H groups in total. The Morgan fingerprint density at radius 2 is 1.83 bits per heavy atom. The lowest BCUT2D eigenvalue weighted by atomic mass is 10.2. The number of ether oxygens (including phenoxy) is 3. The molecule has 0 saturated carbocycles. The molecule has 0 aliphatic rings. The van der Waals surface area contributed by atoms with E-state index in [0.29, 0.717) is 29.2 Å². The van der Waals surface area contributed by atoms with Gasteiger partial charge in [-0.15, -0.1) is 0 Å². The van der Waals surface area contributed by atoms with Crippen LogP contribution in [-0.2, 0) is 4.79 Å². The molecular formula is C21H22F3NO4. The fraction of sp³-hybridized carbons (Fsp3) is 0.286. The number of rotatable bonds is 8. The van der Waals surface area contributed by atoms with E-state index in [1.54, 1.807) is 37.3 Å². The van der Waals surface area contributed by atoms with Crippen LogP contribution in [0.4, 0.5) is 18.9 Å². The van der Waals surface area contributed by atoms with Gasteiger partial charge in [0.15, 0.2) is 18.1 Å². The fourth-order valence-corrected chi connectivity index (χ4v) is 2.42. The first-order chi connectivity index (χ1) is 13.7. The Labute approximate surface area is 167 Å². The molecule has 156 valence electrons. The average Bonchev–Trinajstić information content (AvgIpc) is 2.66. The van der Waals surface area contributed by atoms with Crippen LogP contribution in [0.25, 0.3) is 6.08 Å². The molecule has 5 nitrogen and oxygen atoms in total. The Hall–Kier alpha value is -3.16. The van der Waals surface area contributed by atoms with Crippen LogP contribution in [-0.4, -0.2) is 32.4 Å².